The summed E-state index contributed by atoms with van der Waals surface area (Å²) in [4.78, 5) is 0. The summed E-state index contributed by atoms with van der Waals surface area (Å²) in [7, 11) is 0. The van der Waals surface area contributed by atoms with E-state index in [1.54, 1.807) is 0 Å². The van der Waals surface area contributed by atoms with Crippen LogP contribution in [0.3, 0.4) is 0 Å². The highest BCUT2D eigenvalue weighted by Gasteiger charge is 2.23. The van der Waals surface area contributed by atoms with E-state index < -0.39 is 0 Å². The van der Waals surface area contributed by atoms with E-state index in [4.69, 9.17) is 0 Å². The van der Waals surface area contributed by atoms with Crippen LogP contribution in [0.25, 0.3) is 0 Å². The highest BCUT2D eigenvalue weighted by atomic mass is 32.2. The molecule has 14 heavy (non-hydrogen) atoms. The number of benzene rings is 1. The van der Waals surface area contributed by atoms with E-state index in [0.717, 1.165) is 6.42 Å². The summed E-state index contributed by atoms with van der Waals surface area (Å²) in [6, 6.07) is 10.2. The van der Waals surface area contributed by atoms with Crippen LogP contribution < -0.4 is 0 Å². The molecule has 1 aromatic carbocycles. The van der Waals surface area contributed by atoms with Crippen LogP contribution in [0.4, 0.5) is 0 Å². The quantitative estimate of drug-likeness (QED) is 0.823. The summed E-state index contributed by atoms with van der Waals surface area (Å²) in [5.41, 5.74) is 1.24. The smallest absolute Gasteiger partial charge is 0.0699 e. The van der Waals surface area contributed by atoms with Crippen LogP contribution >= 0.6 is 11.8 Å². The number of hydrogen-bond acceptors (Lipinski definition) is 2. The molecular weight excluding hydrogens is 192 g/mol. The average molecular weight is 208 g/mol. The fraction of sp³-hybridized carbons (Fsp3) is 0.500. The zero-order chi connectivity index (χ0) is 9.80. The van der Waals surface area contributed by atoms with Gasteiger partial charge in [-0.05, 0) is 30.6 Å². The van der Waals surface area contributed by atoms with Gasteiger partial charge in [0.25, 0.3) is 0 Å². The standard InChI is InChI=1S/C12H16OS/c13-11(12-7-4-8-14-12)9-10-5-2-1-3-6-10/h1-3,5-6,11-13H,4,7-9H2. The van der Waals surface area contributed by atoms with Gasteiger partial charge in [-0.15, -0.1) is 0 Å². The third kappa shape index (κ3) is 2.52. The molecule has 0 aliphatic carbocycles. The second-order valence-electron chi connectivity index (χ2n) is 3.81. The van der Waals surface area contributed by atoms with Crippen molar-refractivity contribution in [3.8, 4) is 0 Å². The van der Waals surface area contributed by atoms with Crippen molar-refractivity contribution in [3.63, 3.8) is 0 Å². The Balaban J connectivity index is 1.90. The maximum Gasteiger partial charge on any atom is 0.0699 e. The SMILES string of the molecule is OC(Cc1ccccc1)C1CCCS1. The summed E-state index contributed by atoms with van der Waals surface area (Å²) in [6.45, 7) is 0. The monoisotopic (exact) mass is 208 g/mol. The second kappa shape index (κ2) is 4.85. The van der Waals surface area contributed by atoms with E-state index in [1.807, 2.05) is 30.0 Å². The van der Waals surface area contributed by atoms with Crippen molar-refractivity contribution in [1.29, 1.82) is 0 Å². The molecule has 2 rings (SSSR count). The zero-order valence-electron chi connectivity index (χ0n) is 8.23. The minimum atomic E-state index is -0.162. The summed E-state index contributed by atoms with van der Waals surface area (Å²) in [5.74, 6) is 1.22. The van der Waals surface area contributed by atoms with Gasteiger partial charge >= 0.3 is 0 Å². The lowest BCUT2D eigenvalue weighted by molar-refractivity contribution is 0.170. The van der Waals surface area contributed by atoms with E-state index >= 15 is 0 Å². The predicted molar refractivity (Wildman–Crippen MR) is 61.6 cm³/mol. The lowest BCUT2D eigenvalue weighted by atomic mass is 10.0. The Kier molecular flexibility index (Phi) is 3.49. The third-order valence-corrected chi connectivity index (χ3v) is 4.18. The topological polar surface area (TPSA) is 20.2 Å². The first kappa shape index (κ1) is 10.1. The van der Waals surface area contributed by atoms with Crippen LogP contribution in [0.1, 0.15) is 18.4 Å². The van der Waals surface area contributed by atoms with Crippen LogP contribution in [-0.2, 0) is 6.42 Å². The summed E-state index contributed by atoms with van der Waals surface area (Å²) in [5, 5.41) is 10.4. The molecule has 0 spiro atoms. The van der Waals surface area contributed by atoms with Gasteiger partial charge in [-0.1, -0.05) is 30.3 Å². The fourth-order valence-corrected chi connectivity index (χ4v) is 3.18. The predicted octanol–water partition coefficient (Wildman–Crippen LogP) is 2.49. The van der Waals surface area contributed by atoms with Crippen LogP contribution in [0.2, 0.25) is 0 Å². The first-order valence-electron chi connectivity index (χ1n) is 5.20. The van der Waals surface area contributed by atoms with Gasteiger partial charge in [-0.2, -0.15) is 11.8 Å². The summed E-state index contributed by atoms with van der Waals surface area (Å²) < 4.78 is 0. The first-order chi connectivity index (χ1) is 6.86. The van der Waals surface area contributed by atoms with Crippen molar-refractivity contribution in [3.05, 3.63) is 35.9 Å². The molecule has 0 aromatic heterocycles. The molecule has 1 aliphatic rings. The number of rotatable bonds is 3. The Labute approximate surface area is 89.5 Å². The van der Waals surface area contributed by atoms with Crippen molar-refractivity contribution in [2.24, 2.45) is 0 Å². The molecule has 76 valence electrons. The van der Waals surface area contributed by atoms with Crippen molar-refractivity contribution in [1.82, 2.24) is 0 Å². The molecule has 2 heteroatoms. The van der Waals surface area contributed by atoms with Gasteiger partial charge in [-0.25, -0.2) is 0 Å². The Bertz CT molecular complexity index is 267. The van der Waals surface area contributed by atoms with Gasteiger partial charge < -0.3 is 5.11 Å². The molecule has 1 nitrogen and oxygen atoms in total. The maximum atomic E-state index is 9.98. The van der Waals surface area contributed by atoms with E-state index in [9.17, 15) is 5.11 Å². The molecule has 0 radical (unpaired) electrons. The van der Waals surface area contributed by atoms with Gasteiger partial charge in [0.15, 0.2) is 0 Å². The lowest BCUT2D eigenvalue weighted by Gasteiger charge is -2.16. The molecule has 2 unspecified atom stereocenters. The molecule has 0 saturated carbocycles. The zero-order valence-corrected chi connectivity index (χ0v) is 9.04. The Morgan fingerprint density at radius 1 is 1.36 bits per heavy atom. The second-order valence-corrected chi connectivity index (χ2v) is 5.16. The summed E-state index contributed by atoms with van der Waals surface area (Å²) in [6.07, 6.45) is 3.09. The Morgan fingerprint density at radius 2 is 2.14 bits per heavy atom. The molecule has 1 aliphatic heterocycles. The van der Waals surface area contributed by atoms with Gasteiger partial charge in [0.05, 0.1) is 6.10 Å². The van der Waals surface area contributed by atoms with Gasteiger partial charge in [-0.3, -0.25) is 0 Å². The van der Waals surface area contributed by atoms with E-state index in [0.29, 0.717) is 5.25 Å². The van der Waals surface area contributed by atoms with Crippen molar-refractivity contribution in [2.45, 2.75) is 30.6 Å². The number of hydrogen-bond donors (Lipinski definition) is 1. The highest BCUT2D eigenvalue weighted by molar-refractivity contribution is 8.00. The van der Waals surface area contributed by atoms with Crippen molar-refractivity contribution in [2.75, 3.05) is 5.75 Å². The molecular formula is C12H16OS. The van der Waals surface area contributed by atoms with Gasteiger partial charge in [0.2, 0.25) is 0 Å². The first-order valence-corrected chi connectivity index (χ1v) is 6.25. The molecule has 1 heterocycles. The molecule has 1 aromatic rings. The van der Waals surface area contributed by atoms with Crippen LogP contribution in [-0.4, -0.2) is 22.2 Å². The lowest BCUT2D eigenvalue weighted by Crippen LogP contribution is -2.22. The minimum absolute atomic E-state index is 0.162. The number of aliphatic hydroxyl groups excluding tert-OH is 1. The molecule has 1 fully saturated rings. The maximum absolute atomic E-state index is 9.98. The van der Waals surface area contributed by atoms with E-state index in [-0.39, 0.29) is 6.10 Å². The molecule has 1 saturated heterocycles. The molecule has 2 atom stereocenters. The number of aliphatic hydroxyl groups is 1. The fourth-order valence-electron chi connectivity index (χ4n) is 1.89. The van der Waals surface area contributed by atoms with E-state index in [2.05, 4.69) is 12.1 Å². The van der Waals surface area contributed by atoms with Crippen LogP contribution in [0.5, 0.6) is 0 Å². The van der Waals surface area contributed by atoms with Crippen molar-refractivity contribution >= 4 is 11.8 Å². The largest absolute Gasteiger partial charge is 0.392 e. The number of thioether (sulfide) groups is 1. The Hall–Kier alpha value is -0.470. The molecule has 0 bridgehead atoms. The average Bonchev–Trinajstić information content (AvgIpc) is 2.72. The van der Waals surface area contributed by atoms with Gasteiger partial charge in [0, 0.05) is 5.25 Å². The van der Waals surface area contributed by atoms with Gasteiger partial charge in [0.1, 0.15) is 0 Å². The van der Waals surface area contributed by atoms with Crippen molar-refractivity contribution < 1.29 is 5.11 Å². The summed E-state index contributed by atoms with van der Waals surface area (Å²) >= 11 is 1.92. The van der Waals surface area contributed by atoms with Crippen LogP contribution in [0, 0.1) is 0 Å². The highest BCUT2D eigenvalue weighted by Crippen LogP contribution is 2.29. The molecule has 1 N–H and O–H groups in total. The van der Waals surface area contributed by atoms with Crippen LogP contribution in [0.15, 0.2) is 30.3 Å². The van der Waals surface area contributed by atoms with E-state index in [1.165, 1.54) is 24.2 Å². The minimum Gasteiger partial charge on any atom is -0.392 e. The Morgan fingerprint density at radius 3 is 2.79 bits per heavy atom. The molecule has 0 amide bonds. The third-order valence-electron chi connectivity index (χ3n) is 2.68. The normalized spacial score (nSPS) is 23.6.